The molecule has 3 rings (SSSR count). The van der Waals surface area contributed by atoms with Gasteiger partial charge in [-0.05, 0) is 25.0 Å². The van der Waals surface area contributed by atoms with Gasteiger partial charge in [-0.25, -0.2) is 0 Å². The third kappa shape index (κ3) is 3.12. The van der Waals surface area contributed by atoms with Crippen LogP contribution in [0.5, 0.6) is 0 Å². The molecule has 0 saturated carbocycles. The lowest BCUT2D eigenvalue weighted by molar-refractivity contribution is -0.139. The highest BCUT2D eigenvalue weighted by Crippen LogP contribution is 2.19. The van der Waals surface area contributed by atoms with Crippen molar-refractivity contribution < 1.29 is 19.1 Å². The number of hydrogen-bond donors (Lipinski definition) is 3. The van der Waals surface area contributed by atoms with Gasteiger partial charge in [-0.3, -0.25) is 14.9 Å². The zero-order valence-corrected chi connectivity index (χ0v) is 12.0. The third-order valence-electron chi connectivity index (χ3n) is 3.91. The normalized spacial score (nSPS) is 21.1. The Morgan fingerprint density at radius 1 is 1.27 bits per heavy atom. The van der Waals surface area contributed by atoms with Crippen LogP contribution >= 0.6 is 0 Å². The van der Waals surface area contributed by atoms with Crippen LogP contribution in [0.15, 0.2) is 34.7 Å². The number of carboxylic acids is 1. The summed E-state index contributed by atoms with van der Waals surface area (Å²) in [5.41, 5.74) is 0.839. The molecule has 1 amide bonds. The number of fused-ring (bicyclic) bond motifs is 1. The summed E-state index contributed by atoms with van der Waals surface area (Å²) in [7, 11) is 0. The molecule has 1 saturated heterocycles. The summed E-state index contributed by atoms with van der Waals surface area (Å²) in [4.78, 5) is 22.8. The second kappa shape index (κ2) is 6.19. The van der Waals surface area contributed by atoms with Gasteiger partial charge in [0, 0.05) is 18.4 Å². The van der Waals surface area contributed by atoms with Gasteiger partial charge < -0.3 is 14.8 Å². The Balaban J connectivity index is 1.48. The maximum Gasteiger partial charge on any atom is 0.320 e. The molecule has 116 valence electrons. The van der Waals surface area contributed by atoms with Crippen LogP contribution in [0.25, 0.3) is 11.0 Å². The van der Waals surface area contributed by atoms with Crippen LogP contribution < -0.4 is 10.6 Å². The fourth-order valence-electron chi connectivity index (χ4n) is 2.74. The van der Waals surface area contributed by atoms with E-state index in [2.05, 4.69) is 10.6 Å². The number of carbonyl (C=O) groups excluding carboxylic acids is 1. The number of rotatable bonds is 5. The van der Waals surface area contributed by atoms with Crippen molar-refractivity contribution in [1.82, 2.24) is 10.6 Å². The van der Waals surface area contributed by atoms with E-state index in [0.29, 0.717) is 25.8 Å². The summed E-state index contributed by atoms with van der Waals surface area (Å²) in [6.45, 7) is 0.467. The Hall–Kier alpha value is -2.34. The highest BCUT2D eigenvalue weighted by Gasteiger charge is 2.32. The number of hydrogen-bond acceptors (Lipinski definition) is 4. The number of carbonyl (C=O) groups is 2. The minimum Gasteiger partial charge on any atom is -0.480 e. The quantitative estimate of drug-likeness (QED) is 0.774. The Bertz CT molecular complexity index is 661. The zero-order valence-electron chi connectivity index (χ0n) is 12.0. The molecule has 6 heteroatoms. The molecule has 1 fully saturated rings. The van der Waals surface area contributed by atoms with Crippen LogP contribution in [-0.2, 0) is 16.0 Å². The lowest BCUT2D eigenvalue weighted by atomic mass is 10.2. The molecule has 0 bridgehead atoms. The first kappa shape index (κ1) is 14.6. The molecule has 22 heavy (non-hydrogen) atoms. The molecule has 2 heterocycles. The van der Waals surface area contributed by atoms with E-state index < -0.39 is 18.1 Å². The smallest absolute Gasteiger partial charge is 0.320 e. The van der Waals surface area contributed by atoms with E-state index in [1.54, 1.807) is 0 Å². The number of aliphatic carboxylic acids is 1. The van der Waals surface area contributed by atoms with Crippen LogP contribution in [0, 0.1) is 0 Å². The molecule has 0 aliphatic carbocycles. The predicted molar refractivity (Wildman–Crippen MR) is 80.5 cm³/mol. The number of para-hydroxylation sites is 1. The van der Waals surface area contributed by atoms with E-state index in [4.69, 9.17) is 9.52 Å². The highest BCUT2D eigenvalue weighted by molar-refractivity contribution is 5.84. The first-order valence-corrected chi connectivity index (χ1v) is 7.37. The van der Waals surface area contributed by atoms with Crippen LogP contribution in [0.4, 0.5) is 0 Å². The molecule has 0 radical (unpaired) electrons. The van der Waals surface area contributed by atoms with E-state index in [0.717, 1.165) is 16.7 Å². The summed E-state index contributed by atoms with van der Waals surface area (Å²) in [6.07, 6.45) is 1.64. The molecule has 0 spiro atoms. The Kier molecular flexibility index (Phi) is 4.11. The van der Waals surface area contributed by atoms with Crippen molar-refractivity contribution >= 4 is 22.8 Å². The number of carboxylic acid groups (broad SMARTS) is 1. The molecule has 1 aromatic carbocycles. The Morgan fingerprint density at radius 2 is 2.05 bits per heavy atom. The highest BCUT2D eigenvalue weighted by atomic mass is 16.4. The van der Waals surface area contributed by atoms with E-state index in [1.807, 2.05) is 30.3 Å². The summed E-state index contributed by atoms with van der Waals surface area (Å²) in [6, 6.07) is 8.69. The standard InChI is InChI=1S/C16H18N2O4/c19-15(12-5-6-13(18-12)16(20)21)17-8-7-11-9-10-3-1-2-4-14(10)22-11/h1-4,9,12-13,18H,5-8H2,(H,17,19)(H,20,21)/t12-,13+/m1/s1. The molecular weight excluding hydrogens is 284 g/mol. The van der Waals surface area contributed by atoms with Crippen LogP contribution in [0.3, 0.4) is 0 Å². The Morgan fingerprint density at radius 3 is 2.77 bits per heavy atom. The van der Waals surface area contributed by atoms with Gasteiger partial charge in [0.1, 0.15) is 17.4 Å². The molecule has 3 N–H and O–H groups in total. The molecule has 1 aromatic heterocycles. The van der Waals surface area contributed by atoms with Gasteiger partial charge in [-0.1, -0.05) is 18.2 Å². The van der Waals surface area contributed by atoms with Gasteiger partial charge in [0.05, 0.1) is 6.04 Å². The summed E-state index contributed by atoms with van der Waals surface area (Å²) in [5, 5.41) is 15.6. The second-order valence-electron chi connectivity index (χ2n) is 5.48. The van der Waals surface area contributed by atoms with Gasteiger partial charge in [-0.2, -0.15) is 0 Å². The maximum atomic E-state index is 12.0. The van der Waals surface area contributed by atoms with Crippen LogP contribution in [-0.4, -0.2) is 35.6 Å². The van der Waals surface area contributed by atoms with Gasteiger partial charge in [-0.15, -0.1) is 0 Å². The van der Waals surface area contributed by atoms with Gasteiger partial charge in [0.2, 0.25) is 5.91 Å². The molecule has 6 nitrogen and oxygen atoms in total. The first-order valence-electron chi connectivity index (χ1n) is 7.37. The second-order valence-corrected chi connectivity index (χ2v) is 5.48. The van der Waals surface area contributed by atoms with E-state index in [9.17, 15) is 9.59 Å². The van der Waals surface area contributed by atoms with Crippen molar-refractivity contribution in [3.05, 3.63) is 36.1 Å². The van der Waals surface area contributed by atoms with Crippen molar-refractivity contribution in [3.8, 4) is 0 Å². The number of nitrogens with one attached hydrogen (secondary N) is 2. The number of benzene rings is 1. The predicted octanol–water partition coefficient (Wildman–Crippen LogP) is 1.30. The molecule has 2 aromatic rings. The van der Waals surface area contributed by atoms with Crippen LogP contribution in [0.2, 0.25) is 0 Å². The molecule has 1 aliphatic heterocycles. The van der Waals surface area contributed by atoms with Crippen molar-refractivity contribution in [1.29, 1.82) is 0 Å². The van der Waals surface area contributed by atoms with Crippen molar-refractivity contribution in [2.45, 2.75) is 31.3 Å². The molecule has 2 atom stereocenters. The SMILES string of the molecule is O=C(O)[C@@H]1CC[C@H](C(=O)NCCc2cc3ccccc3o2)N1. The summed E-state index contributed by atoms with van der Waals surface area (Å²) < 4.78 is 5.68. The molecular formula is C16H18N2O4. The number of furan rings is 1. The van der Waals surface area contributed by atoms with Gasteiger partial charge in [0.25, 0.3) is 0 Å². The minimum atomic E-state index is -0.905. The third-order valence-corrected chi connectivity index (χ3v) is 3.91. The van der Waals surface area contributed by atoms with Gasteiger partial charge in [0.15, 0.2) is 0 Å². The Labute approximate surface area is 127 Å². The van der Waals surface area contributed by atoms with Crippen molar-refractivity contribution in [3.63, 3.8) is 0 Å². The van der Waals surface area contributed by atoms with E-state index >= 15 is 0 Å². The average molecular weight is 302 g/mol. The van der Waals surface area contributed by atoms with Crippen molar-refractivity contribution in [2.75, 3.05) is 6.54 Å². The number of amides is 1. The average Bonchev–Trinajstić information content (AvgIpc) is 3.13. The maximum absolute atomic E-state index is 12.0. The van der Waals surface area contributed by atoms with Gasteiger partial charge >= 0.3 is 5.97 Å². The lowest BCUT2D eigenvalue weighted by Gasteiger charge is -2.11. The van der Waals surface area contributed by atoms with Crippen molar-refractivity contribution in [2.24, 2.45) is 0 Å². The zero-order chi connectivity index (χ0) is 15.5. The summed E-state index contributed by atoms with van der Waals surface area (Å²) >= 11 is 0. The monoisotopic (exact) mass is 302 g/mol. The van der Waals surface area contributed by atoms with E-state index in [1.165, 1.54) is 0 Å². The fourth-order valence-corrected chi connectivity index (χ4v) is 2.74. The molecule has 0 unspecified atom stereocenters. The lowest BCUT2D eigenvalue weighted by Crippen LogP contribution is -2.45. The topological polar surface area (TPSA) is 91.6 Å². The fraction of sp³-hybridized carbons (Fsp3) is 0.375. The largest absolute Gasteiger partial charge is 0.480 e. The summed E-state index contributed by atoms with van der Waals surface area (Å²) in [5.74, 6) is -0.235. The first-order chi connectivity index (χ1) is 10.6. The molecule has 1 aliphatic rings. The van der Waals surface area contributed by atoms with Crippen LogP contribution in [0.1, 0.15) is 18.6 Å². The van der Waals surface area contributed by atoms with E-state index in [-0.39, 0.29) is 5.91 Å². The minimum absolute atomic E-state index is 0.153.